The summed E-state index contributed by atoms with van der Waals surface area (Å²) in [6, 6.07) is 21.4. The van der Waals surface area contributed by atoms with E-state index >= 15 is 0 Å². The van der Waals surface area contributed by atoms with Crippen LogP contribution in [-0.2, 0) is 0 Å². The Morgan fingerprint density at radius 3 is 2.73 bits per heavy atom. The highest BCUT2D eigenvalue weighted by Crippen LogP contribution is 2.34. The largest absolute Gasteiger partial charge is 0.497 e. The molecule has 30 heavy (non-hydrogen) atoms. The first-order chi connectivity index (χ1) is 14.7. The van der Waals surface area contributed by atoms with E-state index in [0.29, 0.717) is 5.56 Å². The normalized spacial score (nSPS) is 16.2. The van der Waals surface area contributed by atoms with Gasteiger partial charge in [-0.3, -0.25) is 4.79 Å². The molecule has 0 saturated carbocycles. The van der Waals surface area contributed by atoms with Crippen molar-refractivity contribution < 1.29 is 9.53 Å². The Bertz CT molecular complexity index is 1200. The van der Waals surface area contributed by atoms with Crippen molar-refractivity contribution >= 4 is 11.4 Å². The number of pyridine rings is 1. The number of likely N-dealkylation sites (tertiary alicyclic amines) is 1. The molecule has 1 fully saturated rings. The third-order valence-corrected chi connectivity index (χ3v) is 5.69. The second-order valence-corrected chi connectivity index (χ2v) is 7.48. The maximum absolute atomic E-state index is 13.0. The first-order valence-electron chi connectivity index (χ1n) is 10.1. The lowest BCUT2D eigenvalue weighted by atomic mass is 10.1. The fraction of sp³-hybridized carbons (Fsp3) is 0.208. The molecule has 0 aliphatic carbocycles. The van der Waals surface area contributed by atoms with Crippen molar-refractivity contribution in [1.29, 1.82) is 0 Å². The molecule has 1 aliphatic heterocycles. The zero-order valence-corrected chi connectivity index (χ0v) is 16.7. The van der Waals surface area contributed by atoms with Crippen LogP contribution in [-0.4, -0.2) is 39.3 Å². The number of nitrogens with zero attached hydrogens (tertiary/aromatic N) is 4. The smallest absolute Gasteiger partial charge is 0.254 e. The highest BCUT2D eigenvalue weighted by atomic mass is 16.5. The molecule has 0 bridgehead atoms. The molecule has 2 aromatic heterocycles. The number of ether oxygens (including phenoxy) is 1. The molecule has 0 N–H and O–H groups in total. The number of carbonyl (C=O) groups is 1. The second-order valence-electron chi connectivity index (χ2n) is 7.48. The number of amides is 1. The van der Waals surface area contributed by atoms with Gasteiger partial charge in [-0.05, 0) is 48.7 Å². The molecule has 150 valence electrons. The van der Waals surface area contributed by atoms with Gasteiger partial charge in [-0.25, -0.2) is 4.52 Å². The zero-order valence-electron chi connectivity index (χ0n) is 16.7. The van der Waals surface area contributed by atoms with Crippen molar-refractivity contribution in [1.82, 2.24) is 19.7 Å². The van der Waals surface area contributed by atoms with E-state index in [1.807, 2.05) is 71.8 Å². The summed E-state index contributed by atoms with van der Waals surface area (Å²) in [6.45, 7) is 0.735. The summed E-state index contributed by atoms with van der Waals surface area (Å²) in [7, 11) is 1.66. The fourth-order valence-corrected chi connectivity index (χ4v) is 4.17. The molecule has 1 aliphatic rings. The molecule has 2 aromatic carbocycles. The van der Waals surface area contributed by atoms with E-state index in [1.54, 1.807) is 11.6 Å². The number of benzene rings is 2. The Kier molecular flexibility index (Phi) is 4.67. The van der Waals surface area contributed by atoms with Gasteiger partial charge in [-0.15, -0.1) is 5.10 Å². The summed E-state index contributed by atoms with van der Waals surface area (Å²) >= 11 is 0. The molecule has 1 atom stereocenters. The van der Waals surface area contributed by atoms with Crippen LogP contribution in [0.4, 0.5) is 0 Å². The summed E-state index contributed by atoms with van der Waals surface area (Å²) < 4.78 is 7.13. The molecule has 5 rings (SSSR count). The van der Waals surface area contributed by atoms with Crippen molar-refractivity contribution in [2.24, 2.45) is 0 Å². The monoisotopic (exact) mass is 398 g/mol. The molecule has 6 heteroatoms. The van der Waals surface area contributed by atoms with E-state index < -0.39 is 0 Å². The Balaban J connectivity index is 1.48. The average Bonchev–Trinajstić information content (AvgIpc) is 3.45. The predicted molar refractivity (Wildman–Crippen MR) is 114 cm³/mol. The Labute approximate surface area is 174 Å². The summed E-state index contributed by atoms with van der Waals surface area (Å²) in [4.78, 5) is 15.0. The highest BCUT2D eigenvalue weighted by molar-refractivity contribution is 5.94. The first-order valence-corrected chi connectivity index (χ1v) is 10.1. The maximum atomic E-state index is 13.0. The van der Waals surface area contributed by atoms with Crippen molar-refractivity contribution in [2.45, 2.75) is 18.9 Å². The number of carbonyl (C=O) groups excluding carboxylic acids is 1. The van der Waals surface area contributed by atoms with Gasteiger partial charge in [0.1, 0.15) is 11.4 Å². The lowest BCUT2D eigenvalue weighted by molar-refractivity contribution is 0.0734. The van der Waals surface area contributed by atoms with Crippen molar-refractivity contribution in [3.05, 3.63) is 84.2 Å². The van der Waals surface area contributed by atoms with Gasteiger partial charge in [0, 0.05) is 23.9 Å². The highest BCUT2D eigenvalue weighted by Gasteiger charge is 2.33. The number of aromatic nitrogens is 3. The number of methoxy groups -OCH3 is 1. The van der Waals surface area contributed by atoms with Crippen LogP contribution in [0.5, 0.6) is 5.75 Å². The average molecular weight is 398 g/mol. The van der Waals surface area contributed by atoms with Crippen LogP contribution in [0.25, 0.3) is 16.6 Å². The van der Waals surface area contributed by atoms with Gasteiger partial charge in [0.2, 0.25) is 0 Å². The minimum absolute atomic E-state index is 0.0484. The summed E-state index contributed by atoms with van der Waals surface area (Å²) in [5.41, 5.74) is 4.58. The second kappa shape index (κ2) is 7.63. The van der Waals surface area contributed by atoms with E-state index in [-0.39, 0.29) is 11.9 Å². The van der Waals surface area contributed by atoms with Crippen LogP contribution in [0.15, 0.2) is 72.9 Å². The van der Waals surface area contributed by atoms with E-state index in [1.165, 1.54) is 0 Å². The molecule has 6 nitrogen and oxygen atoms in total. The van der Waals surface area contributed by atoms with Crippen LogP contribution in [0.3, 0.4) is 0 Å². The van der Waals surface area contributed by atoms with E-state index in [0.717, 1.165) is 47.5 Å². The molecule has 4 aromatic rings. The van der Waals surface area contributed by atoms with E-state index in [2.05, 4.69) is 16.4 Å². The molecule has 1 saturated heterocycles. The molecular weight excluding hydrogens is 376 g/mol. The lowest BCUT2D eigenvalue weighted by Crippen LogP contribution is -2.30. The van der Waals surface area contributed by atoms with Crippen LogP contribution in [0.2, 0.25) is 0 Å². The Morgan fingerprint density at radius 1 is 1.03 bits per heavy atom. The maximum Gasteiger partial charge on any atom is 0.254 e. The molecular formula is C24H22N4O2. The SMILES string of the molecule is COc1cccc(-c2ccc3c(C4CCCN4C(=O)c4ccccc4)nnn3c2)c1. The number of rotatable bonds is 4. The Morgan fingerprint density at radius 2 is 1.90 bits per heavy atom. The van der Waals surface area contributed by atoms with Gasteiger partial charge < -0.3 is 9.64 Å². The van der Waals surface area contributed by atoms with Crippen LogP contribution < -0.4 is 4.74 Å². The lowest BCUT2D eigenvalue weighted by Gasteiger charge is -2.23. The van der Waals surface area contributed by atoms with Gasteiger partial charge in [-0.1, -0.05) is 41.6 Å². The van der Waals surface area contributed by atoms with E-state index in [9.17, 15) is 4.79 Å². The molecule has 0 spiro atoms. The predicted octanol–water partition coefficient (Wildman–Crippen LogP) is 4.38. The van der Waals surface area contributed by atoms with Gasteiger partial charge in [0.25, 0.3) is 5.91 Å². The number of hydrogen-bond donors (Lipinski definition) is 0. The minimum Gasteiger partial charge on any atom is -0.497 e. The van der Waals surface area contributed by atoms with Gasteiger partial charge in [0.05, 0.1) is 18.7 Å². The molecule has 1 amide bonds. The molecule has 3 heterocycles. The summed E-state index contributed by atoms with van der Waals surface area (Å²) in [6.07, 6.45) is 3.83. The van der Waals surface area contributed by atoms with Crippen LogP contribution in [0.1, 0.15) is 34.9 Å². The standard InChI is InChI=1S/C24H22N4O2/c1-30-20-10-5-9-18(15-20)19-12-13-22-23(25-26-28(22)16-19)21-11-6-14-27(21)24(29)17-7-3-2-4-8-17/h2-5,7-10,12-13,15-16,21H,6,11,14H2,1H3. The van der Waals surface area contributed by atoms with Crippen LogP contribution >= 0.6 is 0 Å². The van der Waals surface area contributed by atoms with Gasteiger partial charge in [0.15, 0.2) is 0 Å². The molecule has 0 radical (unpaired) electrons. The number of hydrogen-bond acceptors (Lipinski definition) is 4. The van der Waals surface area contributed by atoms with Crippen molar-refractivity contribution in [3.8, 4) is 16.9 Å². The zero-order chi connectivity index (χ0) is 20.5. The third kappa shape index (κ3) is 3.20. The van der Waals surface area contributed by atoms with Crippen molar-refractivity contribution in [2.75, 3.05) is 13.7 Å². The van der Waals surface area contributed by atoms with Crippen molar-refractivity contribution in [3.63, 3.8) is 0 Å². The van der Waals surface area contributed by atoms with Gasteiger partial charge >= 0.3 is 0 Å². The molecule has 1 unspecified atom stereocenters. The fourth-order valence-electron chi connectivity index (χ4n) is 4.17. The summed E-state index contributed by atoms with van der Waals surface area (Å²) in [5.74, 6) is 0.861. The first kappa shape index (κ1) is 18.4. The Hall–Kier alpha value is -3.67. The quantitative estimate of drug-likeness (QED) is 0.512. The van der Waals surface area contributed by atoms with Crippen LogP contribution in [0, 0.1) is 0 Å². The topological polar surface area (TPSA) is 59.7 Å². The third-order valence-electron chi connectivity index (χ3n) is 5.69. The number of fused-ring (bicyclic) bond motifs is 1. The van der Waals surface area contributed by atoms with E-state index in [4.69, 9.17) is 4.74 Å². The minimum atomic E-state index is -0.0575. The van der Waals surface area contributed by atoms with Gasteiger partial charge in [-0.2, -0.15) is 0 Å². The summed E-state index contributed by atoms with van der Waals surface area (Å²) in [5, 5.41) is 8.82.